The molecule has 7 nitrogen and oxygen atoms in total. The second-order valence-corrected chi connectivity index (χ2v) is 7.28. The van der Waals surface area contributed by atoms with Gasteiger partial charge in [0.1, 0.15) is 5.75 Å². The van der Waals surface area contributed by atoms with E-state index in [-0.39, 0.29) is 31.0 Å². The Hall–Kier alpha value is -2.61. The molecule has 160 valence electrons. The zero-order valence-corrected chi connectivity index (χ0v) is 17.4. The standard InChI is InChI=1S/C22H26ClN3O4/c23-19-9-5-4-8-18(19)20(26-10-12-29-13-11-26)14-24-21(27)15-25-22(28)16-30-17-6-2-1-3-7-17/h1-9,20H,10-16H2,(H,24,27)(H,25,28). The Morgan fingerprint density at radius 2 is 1.70 bits per heavy atom. The fourth-order valence-corrected chi connectivity index (χ4v) is 3.50. The highest BCUT2D eigenvalue weighted by atomic mass is 35.5. The van der Waals surface area contributed by atoms with Crippen LogP contribution in [0.4, 0.5) is 0 Å². The number of amides is 2. The number of nitrogens with one attached hydrogen (secondary N) is 2. The van der Waals surface area contributed by atoms with Gasteiger partial charge in [0.05, 0.1) is 25.8 Å². The highest BCUT2D eigenvalue weighted by molar-refractivity contribution is 6.31. The van der Waals surface area contributed by atoms with Crippen molar-refractivity contribution in [1.82, 2.24) is 15.5 Å². The van der Waals surface area contributed by atoms with Crippen molar-refractivity contribution in [1.29, 1.82) is 0 Å². The van der Waals surface area contributed by atoms with Crippen LogP contribution in [-0.2, 0) is 14.3 Å². The second kappa shape index (κ2) is 11.5. The molecule has 30 heavy (non-hydrogen) atoms. The van der Waals surface area contributed by atoms with Crippen molar-refractivity contribution < 1.29 is 19.1 Å². The number of morpholine rings is 1. The molecule has 3 rings (SSSR count). The van der Waals surface area contributed by atoms with E-state index < -0.39 is 0 Å². The number of rotatable bonds is 9. The van der Waals surface area contributed by atoms with Gasteiger partial charge in [-0.05, 0) is 23.8 Å². The number of para-hydroxylation sites is 1. The van der Waals surface area contributed by atoms with E-state index in [9.17, 15) is 9.59 Å². The van der Waals surface area contributed by atoms with E-state index >= 15 is 0 Å². The molecule has 1 aliphatic heterocycles. The van der Waals surface area contributed by atoms with Gasteiger partial charge >= 0.3 is 0 Å². The normalized spacial score (nSPS) is 15.2. The summed E-state index contributed by atoms with van der Waals surface area (Å²) in [5.74, 6) is -0.0246. The lowest BCUT2D eigenvalue weighted by atomic mass is 10.0. The zero-order valence-electron chi connectivity index (χ0n) is 16.7. The van der Waals surface area contributed by atoms with Crippen LogP contribution in [0.15, 0.2) is 54.6 Å². The van der Waals surface area contributed by atoms with E-state index in [1.54, 1.807) is 12.1 Å². The van der Waals surface area contributed by atoms with E-state index in [4.69, 9.17) is 21.1 Å². The van der Waals surface area contributed by atoms with E-state index in [0.717, 1.165) is 18.7 Å². The number of ether oxygens (including phenoxy) is 2. The van der Waals surface area contributed by atoms with Gasteiger partial charge in [-0.15, -0.1) is 0 Å². The molecule has 2 aromatic carbocycles. The van der Waals surface area contributed by atoms with Crippen molar-refractivity contribution in [3.63, 3.8) is 0 Å². The van der Waals surface area contributed by atoms with Crippen LogP contribution in [0, 0.1) is 0 Å². The van der Waals surface area contributed by atoms with Crippen molar-refractivity contribution >= 4 is 23.4 Å². The lowest BCUT2D eigenvalue weighted by Gasteiger charge is -2.35. The summed E-state index contributed by atoms with van der Waals surface area (Å²) in [6.07, 6.45) is 0. The minimum absolute atomic E-state index is 0.0661. The van der Waals surface area contributed by atoms with Gasteiger partial charge in [0.15, 0.2) is 6.61 Å². The summed E-state index contributed by atoms with van der Waals surface area (Å²) in [6, 6.07) is 16.6. The van der Waals surface area contributed by atoms with Crippen molar-refractivity contribution in [2.75, 3.05) is 46.0 Å². The number of hydrogen-bond donors (Lipinski definition) is 2. The van der Waals surface area contributed by atoms with Crippen LogP contribution in [0.5, 0.6) is 5.75 Å². The Labute approximate surface area is 181 Å². The molecule has 1 unspecified atom stereocenters. The van der Waals surface area contributed by atoms with Crippen molar-refractivity contribution in [3.8, 4) is 5.75 Å². The van der Waals surface area contributed by atoms with Crippen LogP contribution in [0.25, 0.3) is 0 Å². The van der Waals surface area contributed by atoms with E-state index in [0.29, 0.717) is 30.5 Å². The summed E-state index contributed by atoms with van der Waals surface area (Å²) in [6.45, 7) is 2.94. The van der Waals surface area contributed by atoms with Gasteiger partial charge in [-0.25, -0.2) is 0 Å². The van der Waals surface area contributed by atoms with Gasteiger partial charge in [0, 0.05) is 24.7 Å². The first-order chi connectivity index (χ1) is 14.6. The zero-order chi connectivity index (χ0) is 21.2. The van der Waals surface area contributed by atoms with E-state index in [1.807, 2.05) is 42.5 Å². The number of carbonyl (C=O) groups is 2. The van der Waals surface area contributed by atoms with Crippen molar-refractivity contribution in [2.24, 2.45) is 0 Å². The summed E-state index contributed by atoms with van der Waals surface area (Å²) < 4.78 is 10.8. The minimum Gasteiger partial charge on any atom is -0.484 e. The maximum atomic E-state index is 12.3. The molecule has 1 fully saturated rings. The quantitative estimate of drug-likeness (QED) is 0.635. The van der Waals surface area contributed by atoms with Crippen LogP contribution in [0.3, 0.4) is 0 Å². The Bertz CT molecular complexity index is 828. The monoisotopic (exact) mass is 431 g/mol. The van der Waals surface area contributed by atoms with Crippen LogP contribution in [0.1, 0.15) is 11.6 Å². The smallest absolute Gasteiger partial charge is 0.258 e. The summed E-state index contributed by atoms with van der Waals surface area (Å²) in [5, 5.41) is 6.13. The molecule has 0 saturated carbocycles. The molecule has 0 radical (unpaired) electrons. The molecular formula is C22H26ClN3O4. The predicted octanol–water partition coefficient (Wildman–Crippen LogP) is 2.02. The van der Waals surface area contributed by atoms with Crippen molar-refractivity contribution in [3.05, 3.63) is 65.2 Å². The SMILES string of the molecule is O=C(CNC(=O)COc1ccccc1)NCC(c1ccccc1Cl)N1CCOCC1. The van der Waals surface area contributed by atoms with Crippen LogP contribution >= 0.6 is 11.6 Å². The average Bonchev–Trinajstić information content (AvgIpc) is 2.79. The highest BCUT2D eigenvalue weighted by Gasteiger charge is 2.24. The first kappa shape index (κ1) is 22.1. The summed E-state index contributed by atoms with van der Waals surface area (Å²) in [5.41, 5.74) is 0.960. The van der Waals surface area contributed by atoms with E-state index in [2.05, 4.69) is 15.5 Å². The van der Waals surface area contributed by atoms with Crippen LogP contribution < -0.4 is 15.4 Å². The highest BCUT2D eigenvalue weighted by Crippen LogP contribution is 2.27. The Morgan fingerprint density at radius 1 is 1.00 bits per heavy atom. The van der Waals surface area contributed by atoms with Gasteiger partial charge in [-0.1, -0.05) is 48.0 Å². The molecule has 2 N–H and O–H groups in total. The molecule has 1 aliphatic rings. The summed E-state index contributed by atoms with van der Waals surface area (Å²) >= 11 is 6.40. The summed E-state index contributed by atoms with van der Waals surface area (Å²) in [4.78, 5) is 26.4. The van der Waals surface area contributed by atoms with Crippen LogP contribution in [0.2, 0.25) is 5.02 Å². The first-order valence-corrected chi connectivity index (χ1v) is 10.3. The van der Waals surface area contributed by atoms with Gasteiger partial charge in [-0.3, -0.25) is 14.5 Å². The fourth-order valence-electron chi connectivity index (χ4n) is 3.24. The minimum atomic E-state index is -0.357. The lowest BCUT2D eigenvalue weighted by Crippen LogP contribution is -2.46. The predicted molar refractivity (Wildman–Crippen MR) is 115 cm³/mol. The Kier molecular flexibility index (Phi) is 8.50. The lowest BCUT2D eigenvalue weighted by molar-refractivity contribution is -0.127. The van der Waals surface area contributed by atoms with Crippen LogP contribution in [-0.4, -0.2) is 62.7 Å². The third-order valence-corrected chi connectivity index (χ3v) is 5.15. The fraction of sp³-hybridized carbons (Fsp3) is 0.364. The maximum absolute atomic E-state index is 12.3. The molecule has 1 heterocycles. The average molecular weight is 432 g/mol. The largest absolute Gasteiger partial charge is 0.484 e. The third-order valence-electron chi connectivity index (χ3n) is 4.80. The second-order valence-electron chi connectivity index (χ2n) is 6.87. The number of carbonyl (C=O) groups excluding carboxylic acids is 2. The number of halogens is 1. The topological polar surface area (TPSA) is 79.9 Å². The molecule has 2 aromatic rings. The Morgan fingerprint density at radius 3 is 2.43 bits per heavy atom. The van der Waals surface area contributed by atoms with Gasteiger partial charge in [0.2, 0.25) is 5.91 Å². The van der Waals surface area contributed by atoms with Gasteiger partial charge in [-0.2, -0.15) is 0 Å². The Balaban J connectivity index is 1.48. The molecule has 1 saturated heterocycles. The third kappa shape index (κ3) is 6.73. The number of nitrogens with zero attached hydrogens (tertiary/aromatic N) is 1. The maximum Gasteiger partial charge on any atom is 0.258 e. The van der Waals surface area contributed by atoms with Gasteiger partial charge < -0.3 is 20.1 Å². The molecule has 2 amide bonds. The molecular weight excluding hydrogens is 406 g/mol. The molecule has 0 aliphatic carbocycles. The number of benzene rings is 2. The first-order valence-electron chi connectivity index (χ1n) is 9.91. The molecule has 0 bridgehead atoms. The van der Waals surface area contributed by atoms with Crippen molar-refractivity contribution in [2.45, 2.75) is 6.04 Å². The number of hydrogen-bond acceptors (Lipinski definition) is 5. The van der Waals surface area contributed by atoms with Gasteiger partial charge in [0.25, 0.3) is 5.91 Å². The van der Waals surface area contributed by atoms with E-state index in [1.165, 1.54) is 0 Å². The molecule has 1 atom stereocenters. The molecule has 0 spiro atoms. The summed E-state index contributed by atoms with van der Waals surface area (Å²) in [7, 11) is 0. The molecule has 0 aromatic heterocycles. The molecule has 8 heteroatoms.